The molecular formula is C16H22N4O. The quantitative estimate of drug-likeness (QED) is 0.856. The van der Waals surface area contributed by atoms with Crippen molar-refractivity contribution in [1.82, 2.24) is 9.78 Å². The van der Waals surface area contributed by atoms with Crippen molar-refractivity contribution in [2.45, 2.75) is 20.3 Å². The van der Waals surface area contributed by atoms with Crippen LogP contribution in [0.2, 0.25) is 0 Å². The van der Waals surface area contributed by atoms with Gasteiger partial charge in [-0.3, -0.25) is 4.79 Å². The molecule has 2 rings (SSSR count). The molecule has 0 radical (unpaired) electrons. The summed E-state index contributed by atoms with van der Waals surface area (Å²) in [6, 6.07) is 9.45. The maximum absolute atomic E-state index is 12.2. The van der Waals surface area contributed by atoms with Gasteiger partial charge in [-0.2, -0.15) is 5.10 Å². The highest BCUT2D eigenvalue weighted by atomic mass is 16.1. The van der Waals surface area contributed by atoms with E-state index in [1.165, 1.54) is 0 Å². The van der Waals surface area contributed by atoms with Gasteiger partial charge in [-0.15, -0.1) is 0 Å². The van der Waals surface area contributed by atoms with E-state index < -0.39 is 0 Å². The number of rotatable bonds is 6. The molecule has 0 fully saturated rings. The largest absolute Gasteiger partial charge is 0.330 e. The topological polar surface area (TPSA) is 72.9 Å². The van der Waals surface area contributed by atoms with Crippen molar-refractivity contribution in [3.8, 4) is 5.69 Å². The van der Waals surface area contributed by atoms with Gasteiger partial charge < -0.3 is 11.1 Å². The van der Waals surface area contributed by atoms with E-state index in [9.17, 15) is 4.79 Å². The lowest BCUT2D eigenvalue weighted by Crippen LogP contribution is -2.30. The highest BCUT2D eigenvalue weighted by Gasteiger charge is 2.18. The van der Waals surface area contributed by atoms with Crippen LogP contribution in [0, 0.1) is 11.8 Å². The Hall–Kier alpha value is -2.14. The summed E-state index contributed by atoms with van der Waals surface area (Å²) in [7, 11) is 0. The van der Waals surface area contributed by atoms with Gasteiger partial charge in [-0.05, 0) is 42.7 Å². The van der Waals surface area contributed by atoms with Gasteiger partial charge in [0.1, 0.15) is 0 Å². The van der Waals surface area contributed by atoms with Crippen molar-refractivity contribution in [2.75, 3.05) is 11.9 Å². The van der Waals surface area contributed by atoms with Crippen LogP contribution in [0.1, 0.15) is 20.3 Å². The minimum Gasteiger partial charge on any atom is -0.330 e. The Morgan fingerprint density at radius 3 is 2.57 bits per heavy atom. The van der Waals surface area contributed by atoms with Crippen molar-refractivity contribution in [2.24, 2.45) is 17.6 Å². The van der Waals surface area contributed by atoms with E-state index in [2.05, 4.69) is 24.3 Å². The van der Waals surface area contributed by atoms with Crippen molar-refractivity contribution in [3.05, 3.63) is 42.7 Å². The van der Waals surface area contributed by atoms with Crippen molar-refractivity contribution in [3.63, 3.8) is 0 Å². The predicted molar refractivity (Wildman–Crippen MR) is 84.2 cm³/mol. The van der Waals surface area contributed by atoms with Crippen LogP contribution in [0.3, 0.4) is 0 Å². The number of amides is 1. The molecule has 1 heterocycles. The summed E-state index contributed by atoms with van der Waals surface area (Å²) in [5.74, 6) is 0.292. The van der Waals surface area contributed by atoms with Gasteiger partial charge in [0.15, 0.2) is 0 Å². The summed E-state index contributed by atoms with van der Waals surface area (Å²) in [6.07, 6.45) is 4.40. The number of aromatic nitrogens is 2. The van der Waals surface area contributed by atoms with Gasteiger partial charge >= 0.3 is 0 Å². The van der Waals surface area contributed by atoms with E-state index in [1.54, 1.807) is 10.9 Å². The number of nitrogens with zero attached hydrogens (tertiary/aromatic N) is 2. The van der Waals surface area contributed by atoms with Crippen LogP contribution >= 0.6 is 0 Å². The summed E-state index contributed by atoms with van der Waals surface area (Å²) in [6.45, 7) is 4.55. The molecule has 3 N–H and O–H groups in total. The third kappa shape index (κ3) is 4.16. The first-order valence-electron chi connectivity index (χ1n) is 7.21. The zero-order valence-electron chi connectivity index (χ0n) is 12.5. The lowest BCUT2D eigenvalue weighted by atomic mass is 9.96. The maximum atomic E-state index is 12.2. The van der Waals surface area contributed by atoms with E-state index in [-0.39, 0.29) is 11.8 Å². The lowest BCUT2D eigenvalue weighted by Gasteiger charge is -2.17. The van der Waals surface area contributed by atoms with Crippen molar-refractivity contribution in [1.29, 1.82) is 0 Å². The third-order valence-corrected chi connectivity index (χ3v) is 3.32. The molecule has 1 aromatic carbocycles. The molecule has 5 heteroatoms. The number of anilines is 1. The minimum absolute atomic E-state index is 0.0157. The molecule has 0 aliphatic rings. The molecule has 5 nitrogen and oxygen atoms in total. The smallest absolute Gasteiger partial charge is 0.228 e. The molecule has 0 aliphatic carbocycles. The van der Waals surface area contributed by atoms with E-state index in [0.29, 0.717) is 12.5 Å². The Morgan fingerprint density at radius 2 is 2.05 bits per heavy atom. The molecule has 1 aromatic heterocycles. The summed E-state index contributed by atoms with van der Waals surface area (Å²) in [4.78, 5) is 12.2. The first-order chi connectivity index (χ1) is 10.1. The molecule has 21 heavy (non-hydrogen) atoms. The van der Waals surface area contributed by atoms with E-state index >= 15 is 0 Å². The monoisotopic (exact) mass is 286 g/mol. The Morgan fingerprint density at radius 1 is 1.33 bits per heavy atom. The summed E-state index contributed by atoms with van der Waals surface area (Å²) < 4.78 is 1.77. The third-order valence-electron chi connectivity index (χ3n) is 3.32. The first kappa shape index (κ1) is 15.3. The molecule has 2 aromatic rings. The lowest BCUT2D eigenvalue weighted by molar-refractivity contribution is -0.120. The van der Waals surface area contributed by atoms with Crippen LogP contribution in [0.5, 0.6) is 0 Å². The summed E-state index contributed by atoms with van der Waals surface area (Å²) in [5.41, 5.74) is 7.42. The molecule has 112 valence electrons. The standard InChI is InChI=1S/C16H22N4O/c1-12(2)10-13(11-17)16(21)19-14-4-6-15(7-5-14)20-9-3-8-18-20/h3-9,12-13H,10-11,17H2,1-2H3,(H,19,21). The zero-order chi connectivity index (χ0) is 15.2. The number of carbonyl (C=O) groups is 1. The van der Waals surface area contributed by atoms with Gasteiger partial charge in [0.2, 0.25) is 5.91 Å². The summed E-state index contributed by atoms with van der Waals surface area (Å²) in [5, 5.41) is 7.09. The molecule has 0 aliphatic heterocycles. The Labute approximate surface area is 125 Å². The van der Waals surface area contributed by atoms with Crippen LogP contribution < -0.4 is 11.1 Å². The van der Waals surface area contributed by atoms with Gasteiger partial charge in [-0.25, -0.2) is 4.68 Å². The molecule has 0 bridgehead atoms. The van der Waals surface area contributed by atoms with Crippen LogP contribution in [0.25, 0.3) is 5.69 Å². The second-order valence-corrected chi connectivity index (χ2v) is 5.55. The number of nitrogens with one attached hydrogen (secondary N) is 1. The van der Waals surface area contributed by atoms with Gasteiger partial charge in [-0.1, -0.05) is 13.8 Å². The Kier molecular flexibility index (Phi) is 5.11. The van der Waals surface area contributed by atoms with Crippen LogP contribution in [0.4, 0.5) is 5.69 Å². The van der Waals surface area contributed by atoms with Gasteiger partial charge in [0.05, 0.1) is 11.6 Å². The number of nitrogens with two attached hydrogens (primary N) is 1. The van der Waals surface area contributed by atoms with Crippen LogP contribution in [-0.4, -0.2) is 22.2 Å². The van der Waals surface area contributed by atoms with E-state index in [1.807, 2.05) is 36.5 Å². The number of hydrogen-bond acceptors (Lipinski definition) is 3. The predicted octanol–water partition coefficient (Wildman–Crippen LogP) is 2.43. The second-order valence-electron chi connectivity index (χ2n) is 5.55. The Balaban J connectivity index is 2.01. The SMILES string of the molecule is CC(C)CC(CN)C(=O)Nc1ccc(-n2cccn2)cc1. The average molecular weight is 286 g/mol. The maximum Gasteiger partial charge on any atom is 0.228 e. The molecule has 1 atom stereocenters. The average Bonchev–Trinajstić information content (AvgIpc) is 2.99. The number of hydrogen-bond donors (Lipinski definition) is 2. The molecule has 0 spiro atoms. The van der Waals surface area contributed by atoms with Crippen molar-refractivity contribution < 1.29 is 4.79 Å². The fourth-order valence-electron chi connectivity index (χ4n) is 2.24. The highest BCUT2D eigenvalue weighted by Crippen LogP contribution is 2.16. The number of carbonyl (C=O) groups excluding carboxylic acids is 1. The number of benzene rings is 1. The van der Waals surface area contributed by atoms with Crippen LogP contribution in [-0.2, 0) is 4.79 Å². The Bertz CT molecular complexity index is 560. The van der Waals surface area contributed by atoms with Crippen molar-refractivity contribution >= 4 is 11.6 Å². The van der Waals surface area contributed by atoms with Crippen LogP contribution in [0.15, 0.2) is 42.7 Å². The van der Waals surface area contributed by atoms with Gasteiger partial charge in [0.25, 0.3) is 0 Å². The molecule has 0 saturated carbocycles. The zero-order valence-corrected chi connectivity index (χ0v) is 12.5. The first-order valence-corrected chi connectivity index (χ1v) is 7.21. The fourth-order valence-corrected chi connectivity index (χ4v) is 2.24. The molecular weight excluding hydrogens is 264 g/mol. The van der Waals surface area contributed by atoms with E-state index in [0.717, 1.165) is 17.8 Å². The van der Waals surface area contributed by atoms with Gasteiger partial charge in [0, 0.05) is 24.6 Å². The minimum atomic E-state index is -0.143. The highest BCUT2D eigenvalue weighted by molar-refractivity contribution is 5.92. The molecule has 0 saturated heterocycles. The molecule has 1 unspecified atom stereocenters. The normalized spacial score (nSPS) is 12.4. The summed E-state index contributed by atoms with van der Waals surface area (Å²) >= 11 is 0. The van der Waals surface area contributed by atoms with E-state index in [4.69, 9.17) is 5.73 Å². The fraction of sp³-hybridized carbons (Fsp3) is 0.375. The molecule has 1 amide bonds. The second kappa shape index (κ2) is 7.04.